The van der Waals surface area contributed by atoms with Gasteiger partial charge in [0.15, 0.2) is 0 Å². The van der Waals surface area contributed by atoms with Crippen LogP contribution in [0, 0.1) is 11.3 Å². The zero-order valence-corrected chi connectivity index (χ0v) is 12.2. The highest BCUT2D eigenvalue weighted by molar-refractivity contribution is 5.81. The van der Waals surface area contributed by atoms with E-state index in [0.29, 0.717) is 11.3 Å². The fraction of sp³-hybridized carbons (Fsp3) is 0.929. The smallest absolute Gasteiger partial charge is 0.236 e. The van der Waals surface area contributed by atoms with Crippen molar-refractivity contribution in [3.05, 3.63) is 0 Å². The summed E-state index contributed by atoms with van der Waals surface area (Å²) >= 11 is 0. The maximum atomic E-state index is 11.8. The molecule has 1 fully saturated rings. The van der Waals surface area contributed by atoms with Crippen molar-refractivity contribution in [2.75, 3.05) is 26.8 Å². The van der Waals surface area contributed by atoms with Crippen LogP contribution in [0.2, 0.25) is 0 Å². The molecule has 1 unspecified atom stereocenters. The molecule has 1 rings (SSSR count). The van der Waals surface area contributed by atoms with Gasteiger partial charge in [0.2, 0.25) is 5.91 Å². The largest absolute Gasteiger partial charge is 0.385 e. The van der Waals surface area contributed by atoms with Crippen molar-refractivity contribution in [3.8, 4) is 0 Å². The third-order valence-electron chi connectivity index (χ3n) is 3.65. The highest BCUT2D eigenvalue weighted by Crippen LogP contribution is 2.48. The van der Waals surface area contributed by atoms with E-state index in [0.717, 1.165) is 26.1 Å². The van der Waals surface area contributed by atoms with Gasteiger partial charge in [-0.15, -0.1) is 0 Å². The molecule has 4 heteroatoms. The minimum Gasteiger partial charge on any atom is -0.385 e. The van der Waals surface area contributed by atoms with Gasteiger partial charge in [0, 0.05) is 26.8 Å². The third kappa shape index (κ3) is 5.36. The van der Waals surface area contributed by atoms with E-state index in [9.17, 15) is 4.79 Å². The highest BCUT2D eigenvalue weighted by Gasteiger charge is 2.41. The van der Waals surface area contributed by atoms with Crippen molar-refractivity contribution in [1.82, 2.24) is 10.6 Å². The summed E-state index contributed by atoms with van der Waals surface area (Å²) in [6, 6.07) is -0.108. The van der Waals surface area contributed by atoms with Crippen molar-refractivity contribution in [2.45, 2.75) is 46.1 Å². The van der Waals surface area contributed by atoms with E-state index < -0.39 is 0 Å². The van der Waals surface area contributed by atoms with Gasteiger partial charge in [-0.05, 0) is 37.5 Å². The second-order valence-corrected chi connectivity index (χ2v) is 5.98. The van der Waals surface area contributed by atoms with Gasteiger partial charge in [-0.3, -0.25) is 4.79 Å². The Bertz CT molecular complexity index is 263. The van der Waals surface area contributed by atoms with E-state index >= 15 is 0 Å². The topological polar surface area (TPSA) is 50.4 Å². The molecule has 0 saturated heterocycles. The van der Waals surface area contributed by atoms with Gasteiger partial charge in [-0.1, -0.05) is 13.8 Å². The summed E-state index contributed by atoms with van der Waals surface area (Å²) in [5.41, 5.74) is 0.391. The standard InChI is InChI=1S/C14H28N2O2/c1-11(2)9-15-13(17)12(3)16-10-14(5-6-14)7-8-18-4/h11-12,16H,5-10H2,1-4H3,(H,15,17). The van der Waals surface area contributed by atoms with Crippen LogP contribution >= 0.6 is 0 Å². The Labute approximate surface area is 111 Å². The molecule has 2 N–H and O–H groups in total. The molecule has 1 saturated carbocycles. The van der Waals surface area contributed by atoms with Crippen molar-refractivity contribution < 1.29 is 9.53 Å². The Morgan fingerprint density at radius 3 is 2.50 bits per heavy atom. The van der Waals surface area contributed by atoms with E-state index in [4.69, 9.17) is 4.74 Å². The Balaban J connectivity index is 2.20. The van der Waals surface area contributed by atoms with E-state index in [1.165, 1.54) is 12.8 Å². The molecule has 0 aromatic carbocycles. The van der Waals surface area contributed by atoms with Gasteiger partial charge < -0.3 is 15.4 Å². The third-order valence-corrected chi connectivity index (χ3v) is 3.65. The molecular formula is C14H28N2O2. The molecule has 0 radical (unpaired) electrons. The van der Waals surface area contributed by atoms with Gasteiger partial charge in [0.25, 0.3) is 0 Å². The van der Waals surface area contributed by atoms with Crippen molar-refractivity contribution in [2.24, 2.45) is 11.3 Å². The normalized spacial score (nSPS) is 18.7. The second kappa shape index (κ2) is 7.10. The lowest BCUT2D eigenvalue weighted by atomic mass is 10.0. The Morgan fingerprint density at radius 1 is 1.33 bits per heavy atom. The minimum absolute atomic E-state index is 0.103. The highest BCUT2D eigenvalue weighted by atomic mass is 16.5. The number of carbonyl (C=O) groups is 1. The maximum Gasteiger partial charge on any atom is 0.236 e. The van der Waals surface area contributed by atoms with Crippen molar-refractivity contribution >= 4 is 5.91 Å². The van der Waals surface area contributed by atoms with Gasteiger partial charge in [-0.25, -0.2) is 0 Å². The van der Waals surface area contributed by atoms with Crippen molar-refractivity contribution in [3.63, 3.8) is 0 Å². The first-order valence-corrected chi connectivity index (χ1v) is 6.99. The van der Waals surface area contributed by atoms with Crippen LogP contribution in [0.3, 0.4) is 0 Å². The summed E-state index contributed by atoms with van der Waals surface area (Å²) in [6.07, 6.45) is 3.60. The summed E-state index contributed by atoms with van der Waals surface area (Å²) in [4.78, 5) is 11.8. The molecule has 0 aromatic heterocycles. The number of hydrogen-bond donors (Lipinski definition) is 2. The van der Waals surface area contributed by atoms with Gasteiger partial charge in [-0.2, -0.15) is 0 Å². The van der Waals surface area contributed by atoms with E-state index in [2.05, 4.69) is 24.5 Å². The molecule has 18 heavy (non-hydrogen) atoms. The van der Waals surface area contributed by atoms with Crippen LogP contribution in [0.15, 0.2) is 0 Å². The van der Waals surface area contributed by atoms with Crippen LogP contribution < -0.4 is 10.6 Å². The maximum absolute atomic E-state index is 11.8. The average molecular weight is 256 g/mol. The zero-order chi connectivity index (χ0) is 13.6. The van der Waals surface area contributed by atoms with Gasteiger partial charge in [0.1, 0.15) is 0 Å². The monoisotopic (exact) mass is 256 g/mol. The molecule has 0 aliphatic heterocycles. The van der Waals surface area contributed by atoms with Crippen LogP contribution in [0.25, 0.3) is 0 Å². The molecule has 0 heterocycles. The molecule has 0 bridgehead atoms. The summed E-state index contributed by atoms with van der Waals surface area (Å²) < 4.78 is 5.13. The summed E-state index contributed by atoms with van der Waals surface area (Å²) in [7, 11) is 1.74. The summed E-state index contributed by atoms with van der Waals surface area (Å²) in [5, 5.41) is 6.31. The fourth-order valence-corrected chi connectivity index (χ4v) is 1.93. The van der Waals surface area contributed by atoms with Crippen LogP contribution in [-0.4, -0.2) is 38.8 Å². The Kier molecular flexibility index (Phi) is 6.09. The molecule has 1 amide bonds. The predicted molar refractivity (Wildman–Crippen MR) is 73.5 cm³/mol. The molecule has 106 valence electrons. The van der Waals surface area contributed by atoms with E-state index in [1.807, 2.05) is 6.92 Å². The Morgan fingerprint density at radius 2 is 2.00 bits per heavy atom. The SMILES string of the molecule is COCCC1(CNC(C)C(=O)NCC(C)C)CC1. The number of nitrogens with one attached hydrogen (secondary N) is 2. The number of hydrogen-bond acceptors (Lipinski definition) is 3. The fourth-order valence-electron chi connectivity index (χ4n) is 1.93. The lowest BCUT2D eigenvalue weighted by molar-refractivity contribution is -0.122. The quantitative estimate of drug-likeness (QED) is 0.658. The van der Waals surface area contributed by atoms with Crippen molar-refractivity contribution in [1.29, 1.82) is 0 Å². The van der Waals surface area contributed by atoms with Crippen LogP contribution in [0.4, 0.5) is 0 Å². The number of carbonyl (C=O) groups excluding carboxylic acids is 1. The van der Waals surface area contributed by atoms with E-state index in [1.54, 1.807) is 7.11 Å². The zero-order valence-electron chi connectivity index (χ0n) is 12.2. The lowest BCUT2D eigenvalue weighted by Gasteiger charge is -2.20. The molecule has 1 aliphatic carbocycles. The molecule has 1 aliphatic rings. The molecule has 0 aromatic rings. The van der Waals surface area contributed by atoms with Crippen LogP contribution in [0.1, 0.15) is 40.0 Å². The van der Waals surface area contributed by atoms with Gasteiger partial charge in [0.05, 0.1) is 6.04 Å². The minimum atomic E-state index is -0.108. The predicted octanol–water partition coefficient (Wildman–Crippen LogP) is 1.55. The number of rotatable bonds is 9. The lowest BCUT2D eigenvalue weighted by Crippen LogP contribution is -2.45. The average Bonchev–Trinajstić information content (AvgIpc) is 3.11. The first kappa shape index (κ1) is 15.4. The van der Waals surface area contributed by atoms with Crippen LogP contribution in [0.5, 0.6) is 0 Å². The first-order chi connectivity index (χ1) is 8.49. The molecule has 0 spiro atoms. The Hall–Kier alpha value is -0.610. The second-order valence-electron chi connectivity index (χ2n) is 5.98. The molecular weight excluding hydrogens is 228 g/mol. The molecule has 1 atom stereocenters. The molecule has 4 nitrogen and oxygen atoms in total. The van der Waals surface area contributed by atoms with Crippen LogP contribution in [-0.2, 0) is 9.53 Å². The summed E-state index contributed by atoms with van der Waals surface area (Å²) in [5.74, 6) is 0.601. The van der Waals surface area contributed by atoms with Gasteiger partial charge >= 0.3 is 0 Å². The number of methoxy groups -OCH3 is 1. The van der Waals surface area contributed by atoms with E-state index in [-0.39, 0.29) is 11.9 Å². The number of ether oxygens (including phenoxy) is 1. The number of amides is 1. The first-order valence-electron chi connectivity index (χ1n) is 6.99. The summed E-state index contributed by atoms with van der Waals surface area (Å²) in [6.45, 7) is 8.62.